The summed E-state index contributed by atoms with van der Waals surface area (Å²) in [4.78, 5) is 11.5. The predicted octanol–water partition coefficient (Wildman–Crippen LogP) is 2.12. The molecular formula is C14H18FNO2. The number of halogens is 1. The summed E-state index contributed by atoms with van der Waals surface area (Å²) in [5.41, 5.74) is -0.282. The van der Waals surface area contributed by atoms with Crippen molar-refractivity contribution in [3.8, 4) is 0 Å². The maximum Gasteiger partial charge on any atom is 0.244 e. The highest BCUT2D eigenvalue weighted by molar-refractivity contribution is 5.91. The Bertz CT molecular complexity index is 441. The maximum atomic E-state index is 12.9. The standard InChI is InChI=1S/C14H18FNO2/c1-3-14(2,18)10-16-13(17)8-7-11-5-4-6-12(15)9-11/h4-9,18H,3,10H2,1-2H3,(H,16,17). The number of amides is 1. The van der Waals surface area contributed by atoms with Gasteiger partial charge in [0.25, 0.3) is 0 Å². The van der Waals surface area contributed by atoms with Crippen LogP contribution >= 0.6 is 0 Å². The van der Waals surface area contributed by atoms with Gasteiger partial charge in [0, 0.05) is 12.6 Å². The number of carbonyl (C=O) groups excluding carboxylic acids is 1. The zero-order chi connectivity index (χ0) is 13.6. The smallest absolute Gasteiger partial charge is 0.244 e. The number of carbonyl (C=O) groups is 1. The molecule has 1 aromatic carbocycles. The largest absolute Gasteiger partial charge is 0.388 e. The number of hydrogen-bond donors (Lipinski definition) is 2. The maximum absolute atomic E-state index is 12.9. The summed E-state index contributed by atoms with van der Waals surface area (Å²) in [7, 11) is 0. The van der Waals surface area contributed by atoms with Gasteiger partial charge in [0.2, 0.25) is 5.91 Å². The van der Waals surface area contributed by atoms with E-state index in [9.17, 15) is 14.3 Å². The summed E-state index contributed by atoms with van der Waals surface area (Å²) in [6, 6.07) is 5.96. The number of aliphatic hydroxyl groups is 1. The van der Waals surface area contributed by atoms with E-state index in [1.54, 1.807) is 19.1 Å². The van der Waals surface area contributed by atoms with E-state index in [0.717, 1.165) is 0 Å². The molecule has 0 saturated heterocycles. The molecule has 0 heterocycles. The van der Waals surface area contributed by atoms with Gasteiger partial charge in [-0.3, -0.25) is 4.79 Å². The Morgan fingerprint density at radius 2 is 2.28 bits per heavy atom. The highest BCUT2D eigenvalue weighted by atomic mass is 19.1. The lowest BCUT2D eigenvalue weighted by atomic mass is 10.0. The SMILES string of the molecule is CCC(C)(O)CNC(=O)C=Cc1cccc(F)c1. The van der Waals surface area contributed by atoms with Crippen molar-refractivity contribution in [1.82, 2.24) is 5.32 Å². The molecule has 1 unspecified atom stereocenters. The van der Waals surface area contributed by atoms with Crippen LogP contribution in [0, 0.1) is 5.82 Å². The molecule has 0 radical (unpaired) electrons. The molecule has 4 heteroatoms. The van der Waals surface area contributed by atoms with Crippen LogP contribution in [-0.4, -0.2) is 23.2 Å². The highest BCUT2D eigenvalue weighted by Crippen LogP contribution is 2.07. The van der Waals surface area contributed by atoms with Crippen LogP contribution in [0.1, 0.15) is 25.8 Å². The second-order valence-electron chi connectivity index (χ2n) is 4.46. The quantitative estimate of drug-likeness (QED) is 0.787. The molecule has 0 aliphatic carbocycles. The average molecular weight is 251 g/mol. The van der Waals surface area contributed by atoms with Crippen LogP contribution in [0.4, 0.5) is 4.39 Å². The van der Waals surface area contributed by atoms with E-state index in [4.69, 9.17) is 0 Å². The molecule has 1 aromatic rings. The van der Waals surface area contributed by atoms with Crippen molar-refractivity contribution in [3.05, 3.63) is 41.7 Å². The first-order valence-corrected chi connectivity index (χ1v) is 5.87. The van der Waals surface area contributed by atoms with Gasteiger partial charge in [-0.1, -0.05) is 19.1 Å². The molecule has 3 nitrogen and oxygen atoms in total. The minimum Gasteiger partial charge on any atom is -0.388 e. The van der Waals surface area contributed by atoms with Gasteiger partial charge < -0.3 is 10.4 Å². The monoisotopic (exact) mass is 251 g/mol. The summed E-state index contributed by atoms with van der Waals surface area (Å²) < 4.78 is 12.9. The predicted molar refractivity (Wildman–Crippen MR) is 69.4 cm³/mol. The van der Waals surface area contributed by atoms with Crippen molar-refractivity contribution in [2.45, 2.75) is 25.9 Å². The van der Waals surface area contributed by atoms with Crippen molar-refractivity contribution in [2.24, 2.45) is 0 Å². The van der Waals surface area contributed by atoms with Gasteiger partial charge in [0.1, 0.15) is 5.82 Å². The fourth-order valence-corrected chi connectivity index (χ4v) is 1.24. The Balaban J connectivity index is 2.50. The van der Waals surface area contributed by atoms with Crippen molar-refractivity contribution >= 4 is 12.0 Å². The van der Waals surface area contributed by atoms with E-state index in [1.807, 2.05) is 6.92 Å². The van der Waals surface area contributed by atoms with Gasteiger partial charge in [-0.25, -0.2) is 4.39 Å². The summed E-state index contributed by atoms with van der Waals surface area (Å²) in [5, 5.41) is 12.3. The summed E-state index contributed by atoms with van der Waals surface area (Å²) in [6.07, 6.45) is 3.40. The van der Waals surface area contributed by atoms with Gasteiger partial charge in [0.05, 0.1) is 5.60 Å². The molecule has 0 aliphatic heterocycles. The molecule has 1 rings (SSSR count). The molecule has 0 bridgehead atoms. The lowest BCUT2D eigenvalue weighted by Crippen LogP contribution is -2.39. The van der Waals surface area contributed by atoms with Gasteiger partial charge >= 0.3 is 0 Å². The van der Waals surface area contributed by atoms with Gasteiger partial charge in [-0.05, 0) is 37.1 Å². The van der Waals surface area contributed by atoms with Crippen molar-refractivity contribution in [2.75, 3.05) is 6.54 Å². The molecule has 0 spiro atoms. The van der Waals surface area contributed by atoms with Crippen LogP contribution in [0.2, 0.25) is 0 Å². The molecule has 98 valence electrons. The Kier molecular flexibility index (Phi) is 5.04. The zero-order valence-electron chi connectivity index (χ0n) is 10.6. The molecule has 0 saturated carbocycles. The molecule has 18 heavy (non-hydrogen) atoms. The van der Waals surface area contributed by atoms with E-state index >= 15 is 0 Å². The topological polar surface area (TPSA) is 49.3 Å². The number of hydrogen-bond acceptors (Lipinski definition) is 2. The molecule has 2 N–H and O–H groups in total. The normalized spacial score (nSPS) is 14.4. The van der Waals surface area contributed by atoms with E-state index in [1.165, 1.54) is 24.3 Å². The van der Waals surface area contributed by atoms with Crippen molar-refractivity contribution < 1.29 is 14.3 Å². The Morgan fingerprint density at radius 3 is 2.89 bits per heavy atom. The lowest BCUT2D eigenvalue weighted by molar-refractivity contribution is -0.117. The highest BCUT2D eigenvalue weighted by Gasteiger charge is 2.17. The van der Waals surface area contributed by atoms with E-state index in [0.29, 0.717) is 12.0 Å². The summed E-state index contributed by atoms with van der Waals surface area (Å²) in [6.45, 7) is 3.69. The zero-order valence-corrected chi connectivity index (χ0v) is 10.6. The summed E-state index contributed by atoms with van der Waals surface area (Å²) in [5.74, 6) is -0.653. The van der Waals surface area contributed by atoms with Crippen LogP contribution in [0.25, 0.3) is 6.08 Å². The van der Waals surface area contributed by atoms with Crippen LogP contribution in [-0.2, 0) is 4.79 Å². The molecule has 0 aliphatic rings. The van der Waals surface area contributed by atoms with E-state index < -0.39 is 5.60 Å². The van der Waals surface area contributed by atoms with Crippen LogP contribution in [0.15, 0.2) is 30.3 Å². The Hall–Kier alpha value is -1.68. The fourth-order valence-electron chi connectivity index (χ4n) is 1.24. The lowest BCUT2D eigenvalue weighted by Gasteiger charge is -2.20. The Morgan fingerprint density at radius 1 is 1.56 bits per heavy atom. The molecule has 1 atom stereocenters. The van der Waals surface area contributed by atoms with Crippen LogP contribution in [0.3, 0.4) is 0 Å². The first kappa shape index (κ1) is 14.4. The first-order valence-electron chi connectivity index (χ1n) is 5.87. The van der Waals surface area contributed by atoms with Crippen molar-refractivity contribution in [3.63, 3.8) is 0 Å². The second-order valence-corrected chi connectivity index (χ2v) is 4.46. The number of benzene rings is 1. The van der Waals surface area contributed by atoms with E-state index in [-0.39, 0.29) is 18.3 Å². The van der Waals surface area contributed by atoms with Gasteiger partial charge in [0.15, 0.2) is 0 Å². The minimum atomic E-state index is -0.900. The number of rotatable bonds is 5. The summed E-state index contributed by atoms with van der Waals surface area (Å²) >= 11 is 0. The minimum absolute atomic E-state index is 0.190. The molecular weight excluding hydrogens is 233 g/mol. The van der Waals surface area contributed by atoms with Crippen LogP contribution in [0.5, 0.6) is 0 Å². The van der Waals surface area contributed by atoms with Crippen LogP contribution < -0.4 is 5.32 Å². The van der Waals surface area contributed by atoms with E-state index in [2.05, 4.69) is 5.32 Å². The van der Waals surface area contributed by atoms with Crippen molar-refractivity contribution in [1.29, 1.82) is 0 Å². The second kappa shape index (κ2) is 6.31. The average Bonchev–Trinajstić information content (AvgIpc) is 2.34. The third kappa shape index (κ3) is 5.10. The molecule has 1 amide bonds. The Labute approximate surface area is 106 Å². The van der Waals surface area contributed by atoms with Gasteiger partial charge in [-0.15, -0.1) is 0 Å². The van der Waals surface area contributed by atoms with Gasteiger partial charge in [-0.2, -0.15) is 0 Å². The third-order valence-electron chi connectivity index (χ3n) is 2.68. The number of nitrogens with one attached hydrogen (secondary N) is 1. The molecule has 0 aromatic heterocycles. The first-order chi connectivity index (χ1) is 8.43. The fraction of sp³-hybridized carbons (Fsp3) is 0.357. The molecule has 0 fully saturated rings. The third-order valence-corrected chi connectivity index (χ3v) is 2.68.